The van der Waals surface area contributed by atoms with Crippen LogP contribution in [-0.2, 0) is 0 Å². The van der Waals surface area contributed by atoms with E-state index in [1.54, 1.807) is 16.9 Å². The fourth-order valence-corrected chi connectivity index (χ4v) is 3.03. The van der Waals surface area contributed by atoms with Gasteiger partial charge in [-0.2, -0.15) is 5.10 Å². The lowest BCUT2D eigenvalue weighted by Gasteiger charge is -2.13. The Labute approximate surface area is 155 Å². The lowest BCUT2D eigenvalue weighted by atomic mass is 10.1. The summed E-state index contributed by atoms with van der Waals surface area (Å²) >= 11 is 0. The second-order valence-corrected chi connectivity index (χ2v) is 6.34. The summed E-state index contributed by atoms with van der Waals surface area (Å²) in [4.78, 5) is 27.4. The van der Waals surface area contributed by atoms with Crippen LogP contribution in [0.5, 0.6) is 0 Å². The first-order chi connectivity index (χ1) is 13.1. The average Bonchev–Trinajstić information content (AvgIpc) is 3.18. The first-order valence-electron chi connectivity index (χ1n) is 8.65. The van der Waals surface area contributed by atoms with Crippen LogP contribution in [0, 0.1) is 0 Å². The number of nitrogens with zero attached hydrogens (tertiary/aromatic N) is 2. The minimum atomic E-state index is -0.302. The molecule has 27 heavy (non-hydrogen) atoms. The van der Waals surface area contributed by atoms with E-state index in [4.69, 9.17) is 0 Å². The second kappa shape index (κ2) is 6.92. The highest BCUT2D eigenvalue weighted by Gasteiger charge is 2.16. The number of nitrogens with one attached hydrogen (secondary N) is 2. The molecule has 6 nitrogen and oxygen atoms in total. The van der Waals surface area contributed by atoms with E-state index in [2.05, 4.69) is 15.4 Å². The average molecular weight is 358 g/mol. The summed E-state index contributed by atoms with van der Waals surface area (Å²) in [7, 11) is 0. The molecule has 134 valence electrons. The van der Waals surface area contributed by atoms with E-state index in [1.165, 1.54) is 6.07 Å². The molecule has 6 heteroatoms. The van der Waals surface area contributed by atoms with Gasteiger partial charge in [-0.05, 0) is 25.1 Å². The van der Waals surface area contributed by atoms with E-state index in [-0.39, 0.29) is 17.5 Å². The van der Waals surface area contributed by atoms with Crippen molar-refractivity contribution in [2.45, 2.75) is 13.0 Å². The van der Waals surface area contributed by atoms with Gasteiger partial charge in [0, 0.05) is 28.7 Å². The SMILES string of the molecule is C[C@@H](NC(=O)c1cc(=O)[nH]c2ccccc12)c1cnn(-c2ccccc2)c1. The number of amides is 1. The predicted octanol–water partition coefficient (Wildman–Crippen LogP) is 3.20. The minimum absolute atomic E-state index is 0.256. The molecule has 2 aromatic heterocycles. The molecule has 2 heterocycles. The maximum absolute atomic E-state index is 12.8. The number of hydrogen-bond acceptors (Lipinski definition) is 3. The van der Waals surface area contributed by atoms with Crippen molar-refractivity contribution in [2.75, 3.05) is 0 Å². The van der Waals surface area contributed by atoms with Crippen LogP contribution >= 0.6 is 0 Å². The van der Waals surface area contributed by atoms with Crippen molar-refractivity contribution < 1.29 is 4.79 Å². The first kappa shape index (κ1) is 16.8. The molecule has 0 fully saturated rings. The zero-order chi connectivity index (χ0) is 18.8. The van der Waals surface area contributed by atoms with Crippen molar-refractivity contribution in [1.82, 2.24) is 20.1 Å². The summed E-state index contributed by atoms with van der Waals surface area (Å²) < 4.78 is 1.76. The number of hydrogen-bond donors (Lipinski definition) is 2. The molecule has 4 aromatic rings. The van der Waals surface area contributed by atoms with Gasteiger partial charge in [-0.3, -0.25) is 9.59 Å². The highest BCUT2D eigenvalue weighted by atomic mass is 16.2. The van der Waals surface area contributed by atoms with Gasteiger partial charge in [0.25, 0.3) is 5.91 Å². The van der Waals surface area contributed by atoms with Gasteiger partial charge in [0.05, 0.1) is 23.5 Å². The summed E-state index contributed by atoms with van der Waals surface area (Å²) in [6.07, 6.45) is 3.62. The Morgan fingerprint density at radius 1 is 1.11 bits per heavy atom. The number of benzene rings is 2. The van der Waals surface area contributed by atoms with Crippen molar-refractivity contribution in [3.8, 4) is 5.69 Å². The molecule has 1 amide bonds. The summed E-state index contributed by atoms with van der Waals surface area (Å²) in [5.74, 6) is -0.294. The van der Waals surface area contributed by atoms with Gasteiger partial charge in [-0.25, -0.2) is 4.68 Å². The van der Waals surface area contributed by atoms with Crippen LogP contribution in [0.3, 0.4) is 0 Å². The molecule has 0 aliphatic rings. The van der Waals surface area contributed by atoms with Crippen LogP contribution in [0.25, 0.3) is 16.6 Å². The molecule has 0 aliphatic carbocycles. The monoisotopic (exact) mass is 358 g/mol. The maximum Gasteiger partial charge on any atom is 0.252 e. The van der Waals surface area contributed by atoms with Crippen LogP contribution in [0.2, 0.25) is 0 Å². The Balaban J connectivity index is 1.59. The van der Waals surface area contributed by atoms with E-state index in [0.29, 0.717) is 16.5 Å². The summed E-state index contributed by atoms with van der Waals surface area (Å²) in [5.41, 5.74) is 2.52. The second-order valence-electron chi connectivity index (χ2n) is 6.34. The van der Waals surface area contributed by atoms with E-state index in [1.807, 2.05) is 61.7 Å². The molecule has 0 saturated heterocycles. The van der Waals surface area contributed by atoms with Crippen molar-refractivity contribution in [2.24, 2.45) is 0 Å². The molecule has 1 atom stereocenters. The van der Waals surface area contributed by atoms with Crippen molar-refractivity contribution in [3.63, 3.8) is 0 Å². The number of fused-ring (bicyclic) bond motifs is 1. The largest absolute Gasteiger partial charge is 0.345 e. The van der Waals surface area contributed by atoms with Crippen LogP contribution < -0.4 is 10.9 Å². The quantitative estimate of drug-likeness (QED) is 0.588. The number of para-hydroxylation sites is 2. The molecular weight excluding hydrogens is 340 g/mol. The van der Waals surface area contributed by atoms with Crippen LogP contribution in [0.1, 0.15) is 28.9 Å². The highest BCUT2D eigenvalue weighted by Crippen LogP contribution is 2.18. The zero-order valence-electron chi connectivity index (χ0n) is 14.7. The van der Waals surface area contributed by atoms with Crippen molar-refractivity contribution in [1.29, 1.82) is 0 Å². The van der Waals surface area contributed by atoms with Crippen molar-refractivity contribution in [3.05, 3.63) is 94.5 Å². The molecule has 0 saturated carbocycles. The Morgan fingerprint density at radius 2 is 1.85 bits per heavy atom. The summed E-state index contributed by atoms with van der Waals surface area (Å²) in [6, 6.07) is 18.1. The normalized spacial score (nSPS) is 12.0. The number of H-pyrrole nitrogens is 1. The Morgan fingerprint density at radius 3 is 2.67 bits per heavy atom. The standard InChI is InChI=1S/C21H18N4O2/c1-14(15-12-22-25(13-15)16-7-3-2-4-8-16)23-21(27)18-11-20(26)24-19-10-6-5-9-17(18)19/h2-14H,1H3,(H,23,27)(H,24,26)/t14-/m1/s1. The van der Waals surface area contributed by atoms with Gasteiger partial charge < -0.3 is 10.3 Å². The summed E-state index contributed by atoms with van der Waals surface area (Å²) in [5, 5.41) is 8.02. The predicted molar refractivity (Wildman–Crippen MR) is 104 cm³/mol. The fourth-order valence-electron chi connectivity index (χ4n) is 3.03. The molecule has 0 aliphatic heterocycles. The van der Waals surface area contributed by atoms with Crippen LogP contribution in [0.4, 0.5) is 0 Å². The number of aromatic nitrogens is 3. The zero-order valence-corrected chi connectivity index (χ0v) is 14.7. The number of carbonyl (C=O) groups is 1. The van der Waals surface area contributed by atoms with Gasteiger partial charge in [-0.15, -0.1) is 0 Å². The Hall–Kier alpha value is -3.67. The number of aromatic amines is 1. The fraction of sp³-hybridized carbons (Fsp3) is 0.0952. The molecule has 2 aromatic carbocycles. The smallest absolute Gasteiger partial charge is 0.252 e. The Bertz CT molecular complexity index is 1160. The third-order valence-corrected chi connectivity index (χ3v) is 4.47. The molecular formula is C21H18N4O2. The van der Waals surface area contributed by atoms with E-state index in [9.17, 15) is 9.59 Å². The topological polar surface area (TPSA) is 79.8 Å². The van der Waals surface area contributed by atoms with Gasteiger partial charge in [-0.1, -0.05) is 36.4 Å². The number of rotatable bonds is 4. The van der Waals surface area contributed by atoms with Crippen LogP contribution in [-0.4, -0.2) is 20.7 Å². The van der Waals surface area contributed by atoms with Crippen molar-refractivity contribution >= 4 is 16.8 Å². The molecule has 4 rings (SSSR count). The lowest BCUT2D eigenvalue weighted by Crippen LogP contribution is -2.27. The number of carbonyl (C=O) groups excluding carboxylic acids is 1. The molecule has 0 bridgehead atoms. The van der Waals surface area contributed by atoms with E-state index >= 15 is 0 Å². The third-order valence-electron chi connectivity index (χ3n) is 4.47. The number of pyridine rings is 1. The van der Waals surface area contributed by atoms with Gasteiger partial charge in [0.15, 0.2) is 0 Å². The molecule has 2 N–H and O–H groups in total. The first-order valence-corrected chi connectivity index (χ1v) is 8.65. The summed E-state index contributed by atoms with van der Waals surface area (Å²) in [6.45, 7) is 1.89. The third kappa shape index (κ3) is 3.37. The molecule has 0 spiro atoms. The lowest BCUT2D eigenvalue weighted by molar-refractivity contribution is 0.0941. The van der Waals surface area contributed by atoms with Gasteiger partial charge in [0.2, 0.25) is 5.56 Å². The minimum Gasteiger partial charge on any atom is -0.345 e. The maximum atomic E-state index is 12.8. The van der Waals surface area contributed by atoms with E-state index < -0.39 is 0 Å². The van der Waals surface area contributed by atoms with Crippen LogP contribution in [0.15, 0.2) is 77.9 Å². The van der Waals surface area contributed by atoms with Gasteiger partial charge in [0.1, 0.15) is 0 Å². The highest BCUT2D eigenvalue weighted by molar-refractivity contribution is 6.06. The van der Waals surface area contributed by atoms with Gasteiger partial charge >= 0.3 is 0 Å². The van der Waals surface area contributed by atoms with E-state index in [0.717, 1.165) is 11.3 Å². The molecule has 0 radical (unpaired) electrons. The Kier molecular flexibility index (Phi) is 4.30. The molecule has 0 unspecified atom stereocenters.